The SMILES string of the molecule is [O]=[Ru].[O]=[Zn]. The fourth-order valence-corrected chi connectivity index (χ4v) is 0. The standard InChI is InChI=1S/2O.Ru.Zn. The molecule has 0 amide bonds. The van der Waals surface area contributed by atoms with Crippen molar-refractivity contribution in [1.29, 1.82) is 0 Å². The first kappa shape index (κ1) is 8.85. The van der Waals surface area contributed by atoms with Crippen LogP contribution in [0.25, 0.3) is 0 Å². The molecule has 4 heavy (non-hydrogen) atoms. The van der Waals surface area contributed by atoms with E-state index in [2.05, 4.69) is 0 Å². The Morgan fingerprint density at radius 3 is 1.25 bits per heavy atom. The summed E-state index contributed by atoms with van der Waals surface area (Å²) in [6.45, 7) is 0. The molecule has 0 radical (unpaired) electrons. The summed E-state index contributed by atoms with van der Waals surface area (Å²) in [7, 11) is 0. The summed E-state index contributed by atoms with van der Waals surface area (Å²) in [6, 6.07) is 0. The monoisotopic (exact) mass is 198 g/mol. The van der Waals surface area contributed by atoms with Crippen LogP contribution in [0.2, 0.25) is 0 Å². The second-order valence-corrected chi connectivity index (χ2v) is 0. The van der Waals surface area contributed by atoms with E-state index in [-0.39, 0.29) is 18.3 Å². The van der Waals surface area contributed by atoms with Crippen molar-refractivity contribution in [3.05, 3.63) is 0 Å². The molecule has 0 unspecified atom stereocenters. The van der Waals surface area contributed by atoms with Gasteiger partial charge in [0.1, 0.15) is 0 Å². The molecule has 0 aliphatic rings. The summed E-state index contributed by atoms with van der Waals surface area (Å²) in [5.41, 5.74) is 0. The molecule has 2 nitrogen and oxygen atoms in total. The van der Waals surface area contributed by atoms with E-state index in [1.54, 1.807) is 0 Å². The third-order valence-corrected chi connectivity index (χ3v) is 0. The molecule has 0 spiro atoms. The maximum absolute atomic E-state index is 8.38. The van der Waals surface area contributed by atoms with E-state index in [1.807, 2.05) is 0 Å². The fourth-order valence-electron chi connectivity index (χ4n) is 0. The molecular formula is O2RuZn. The van der Waals surface area contributed by atoms with Crippen LogP contribution in [0.15, 0.2) is 0 Å². The molecule has 0 fully saturated rings. The summed E-state index contributed by atoms with van der Waals surface area (Å²) < 4.78 is 16.6. The molecule has 4 heteroatoms. The van der Waals surface area contributed by atoms with Crippen LogP contribution >= 0.6 is 0 Å². The fraction of sp³-hybridized carbons (Fsp3) is 0. The van der Waals surface area contributed by atoms with E-state index in [9.17, 15) is 0 Å². The molecule has 0 saturated carbocycles. The molecule has 0 aromatic heterocycles. The van der Waals surface area contributed by atoms with Gasteiger partial charge in [0.05, 0.1) is 0 Å². The van der Waals surface area contributed by atoms with E-state index in [0.29, 0.717) is 0 Å². The molecule has 0 bridgehead atoms. The van der Waals surface area contributed by atoms with Gasteiger partial charge in [-0.05, 0) is 0 Å². The quantitative estimate of drug-likeness (QED) is 0.504. The summed E-state index contributed by atoms with van der Waals surface area (Å²) in [5.74, 6) is 0. The van der Waals surface area contributed by atoms with Crippen LogP contribution in [0.4, 0.5) is 0 Å². The average molecular weight is 198 g/mol. The predicted octanol–water partition coefficient (Wildman–Crippen LogP) is -0.243. The average Bonchev–Trinajstić information content (AvgIpc) is 1.50. The normalized spacial score (nSPS) is 2.75. The van der Waals surface area contributed by atoms with Gasteiger partial charge >= 0.3 is 43.7 Å². The van der Waals surface area contributed by atoms with Crippen molar-refractivity contribution in [1.82, 2.24) is 0 Å². The van der Waals surface area contributed by atoms with Crippen LogP contribution in [0.5, 0.6) is 0 Å². The van der Waals surface area contributed by atoms with Gasteiger partial charge in [-0.15, -0.1) is 0 Å². The van der Waals surface area contributed by atoms with Gasteiger partial charge in [0, 0.05) is 0 Å². The Kier molecular flexibility index (Phi) is 96.2. The number of hydrogen-bond acceptors (Lipinski definition) is 2. The van der Waals surface area contributed by atoms with Gasteiger partial charge < -0.3 is 0 Å². The molecule has 0 atom stereocenters. The first-order valence-corrected chi connectivity index (χ1v) is 2.35. The van der Waals surface area contributed by atoms with E-state index in [0.717, 1.165) is 18.3 Å². The van der Waals surface area contributed by atoms with Crippen molar-refractivity contribution in [2.24, 2.45) is 0 Å². The number of rotatable bonds is 0. The topological polar surface area (TPSA) is 34.1 Å². The van der Waals surface area contributed by atoms with Crippen molar-refractivity contribution in [3.63, 3.8) is 0 Å². The van der Waals surface area contributed by atoms with E-state index in [4.69, 9.17) is 7.15 Å². The van der Waals surface area contributed by atoms with Gasteiger partial charge in [0.25, 0.3) is 0 Å². The zero-order chi connectivity index (χ0) is 4.00. The Hall–Kier alpha value is 0.847. The maximum atomic E-state index is 8.38. The first-order chi connectivity index (χ1) is 2.00. The molecule has 0 N–H and O–H groups in total. The zero-order valence-electron chi connectivity index (χ0n) is 1.88. The first-order valence-electron chi connectivity index (χ1n) is 0.433. The summed E-state index contributed by atoms with van der Waals surface area (Å²) in [4.78, 5) is 0. The minimum absolute atomic E-state index is 0.125. The Bertz CT molecular complexity index is 8.00. The van der Waals surface area contributed by atoms with E-state index >= 15 is 0 Å². The molecular weight excluding hydrogens is 198 g/mol. The second kappa shape index (κ2) is 43.5. The summed E-state index contributed by atoms with van der Waals surface area (Å²) in [6.07, 6.45) is 0. The van der Waals surface area contributed by atoms with E-state index in [1.165, 1.54) is 0 Å². The van der Waals surface area contributed by atoms with Crippen LogP contribution in [0.3, 0.4) is 0 Å². The van der Waals surface area contributed by atoms with Crippen LogP contribution in [-0.4, -0.2) is 0 Å². The van der Waals surface area contributed by atoms with Crippen LogP contribution in [-0.2, 0) is 43.7 Å². The molecule has 0 heterocycles. The zero-order valence-corrected chi connectivity index (χ0v) is 6.58. The van der Waals surface area contributed by atoms with Crippen molar-refractivity contribution in [3.8, 4) is 0 Å². The van der Waals surface area contributed by atoms with Gasteiger partial charge in [0.2, 0.25) is 0 Å². The Morgan fingerprint density at radius 1 is 1.25 bits per heavy atom. The Labute approximate surface area is 43.8 Å². The Balaban J connectivity index is 0. The molecule has 0 saturated heterocycles. The third kappa shape index (κ3) is 13.5. The van der Waals surface area contributed by atoms with Crippen molar-refractivity contribution >= 4 is 0 Å². The van der Waals surface area contributed by atoms with Gasteiger partial charge in [-0.1, -0.05) is 0 Å². The van der Waals surface area contributed by atoms with Crippen LogP contribution in [0.1, 0.15) is 0 Å². The van der Waals surface area contributed by atoms with Gasteiger partial charge in [-0.25, -0.2) is 0 Å². The third-order valence-electron chi connectivity index (χ3n) is 0. The molecule has 0 aromatic rings. The van der Waals surface area contributed by atoms with Gasteiger partial charge in [0.15, 0.2) is 0 Å². The van der Waals surface area contributed by atoms with Crippen molar-refractivity contribution in [2.75, 3.05) is 0 Å². The molecule has 0 aromatic carbocycles. The number of hydrogen-bond donors (Lipinski definition) is 0. The van der Waals surface area contributed by atoms with Crippen molar-refractivity contribution < 1.29 is 43.7 Å². The molecule has 0 aliphatic heterocycles. The second-order valence-electron chi connectivity index (χ2n) is 0. The predicted molar refractivity (Wildman–Crippen MR) is 1.37 cm³/mol. The summed E-state index contributed by atoms with van der Waals surface area (Å²) in [5, 5.41) is 0. The Morgan fingerprint density at radius 2 is 1.25 bits per heavy atom. The van der Waals surface area contributed by atoms with E-state index < -0.39 is 0 Å². The van der Waals surface area contributed by atoms with Gasteiger partial charge in [-0.2, -0.15) is 0 Å². The van der Waals surface area contributed by atoms with Crippen molar-refractivity contribution in [2.45, 2.75) is 0 Å². The molecule has 0 aliphatic carbocycles. The van der Waals surface area contributed by atoms with Gasteiger partial charge in [-0.3, -0.25) is 0 Å². The van der Waals surface area contributed by atoms with Crippen LogP contribution in [0, 0.1) is 0 Å². The molecule has 22 valence electrons. The molecule has 0 rings (SSSR count). The van der Waals surface area contributed by atoms with Crippen LogP contribution < -0.4 is 0 Å². The minimum atomic E-state index is 0.125. The summed E-state index contributed by atoms with van der Waals surface area (Å²) >= 11 is 1.23.